The van der Waals surface area contributed by atoms with Crippen molar-refractivity contribution in [1.82, 2.24) is 19.6 Å². The smallest absolute Gasteiger partial charge is 0.165 e. The van der Waals surface area contributed by atoms with Crippen LogP contribution in [0.5, 0.6) is 0 Å². The van der Waals surface area contributed by atoms with E-state index in [4.69, 9.17) is 0 Å². The average Bonchev–Trinajstić information content (AvgIpc) is 3.10. The number of anilines is 1. The van der Waals surface area contributed by atoms with Crippen LogP contribution in [0.3, 0.4) is 0 Å². The highest BCUT2D eigenvalue weighted by atomic mass is 15.3. The zero-order valence-electron chi connectivity index (χ0n) is 15.0. The summed E-state index contributed by atoms with van der Waals surface area (Å²) < 4.78 is 1.87. The maximum atomic E-state index is 4.55. The van der Waals surface area contributed by atoms with Crippen molar-refractivity contribution in [3.8, 4) is 11.1 Å². The molecule has 3 heterocycles. The van der Waals surface area contributed by atoms with Crippen LogP contribution in [-0.2, 0) is 6.42 Å². The molecule has 0 aliphatic rings. The number of aryl methyl sites for hydroxylation is 2. The van der Waals surface area contributed by atoms with Crippen molar-refractivity contribution >= 4 is 11.5 Å². The summed E-state index contributed by atoms with van der Waals surface area (Å²) in [4.78, 5) is 8.70. The van der Waals surface area contributed by atoms with Gasteiger partial charge in [-0.2, -0.15) is 9.61 Å². The highest BCUT2D eigenvalue weighted by molar-refractivity contribution is 5.78. The number of rotatable bonds is 5. The first kappa shape index (κ1) is 16.3. The molecule has 5 nitrogen and oxygen atoms in total. The van der Waals surface area contributed by atoms with Gasteiger partial charge in [-0.1, -0.05) is 24.3 Å². The third-order valence-corrected chi connectivity index (χ3v) is 4.66. The molecule has 1 aromatic carbocycles. The van der Waals surface area contributed by atoms with Crippen LogP contribution in [0.2, 0.25) is 0 Å². The molecule has 0 amide bonds. The second-order valence-electron chi connectivity index (χ2n) is 6.46. The Morgan fingerprint density at radius 3 is 2.73 bits per heavy atom. The van der Waals surface area contributed by atoms with Crippen LogP contribution in [-0.4, -0.2) is 26.1 Å². The standard InChI is InChI=1S/C21H21N5/c1-15-5-6-18(12-16(15)2)19-14-25-26-20(8-11-24-21(19)26)23-10-7-17-4-3-9-22-13-17/h3-6,8-9,11-14,23H,7,10H2,1-2H3. The lowest BCUT2D eigenvalue weighted by atomic mass is 10.0. The molecule has 4 aromatic rings. The van der Waals surface area contributed by atoms with Crippen molar-refractivity contribution in [2.45, 2.75) is 20.3 Å². The SMILES string of the molecule is Cc1ccc(-c2cnn3c(NCCc4cccnc4)ccnc23)cc1C. The highest BCUT2D eigenvalue weighted by Gasteiger charge is 2.11. The minimum atomic E-state index is 0.809. The lowest BCUT2D eigenvalue weighted by Gasteiger charge is -2.08. The van der Waals surface area contributed by atoms with Crippen LogP contribution in [0, 0.1) is 13.8 Å². The molecule has 0 radical (unpaired) electrons. The van der Waals surface area contributed by atoms with Gasteiger partial charge in [-0.05, 0) is 54.7 Å². The van der Waals surface area contributed by atoms with E-state index in [9.17, 15) is 0 Å². The van der Waals surface area contributed by atoms with E-state index < -0.39 is 0 Å². The zero-order valence-corrected chi connectivity index (χ0v) is 15.0. The van der Waals surface area contributed by atoms with E-state index in [1.165, 1.54) is 16.7 Å². The second kappa shape index (κ2) is 6.96. The van der Waals surface area contributed by atoms with Gasteiger partial charge in [0.1, 0.15) is 5.82 Å². The monoisotopic (exact) mass is 343 g/mol. The normalized spacial score (nSPS) is 11.0. The van der Waals surface area contributed by atoms with Crippen LogP contribution in [0.25, 0.3) is 16.8 Å². The number of aromatic nitrogens is 4. The fourth-order valence-corrected chi connectivity index (χ4v) is 3.02. The lowest BCUT2D eigenvalue weighted by Crippen LogP contribution is -2.09. The summed E-state index contributed by atoms with van der Waals surface area (Å²) in [5.41, 5.74) is 6.82. The van der Waals surface area contributed by atoms with E-state index in [-0.39, 0.29) is 0 Å². The van der Waals surface area contributed by atoms with Gasteiger partial charge in [-0.25, -0.2) is 4.98 Å². The van der Waals surface area contributed by atoms with E-state index in [0.29, 0.717) is 0 Å². The van der Waals surface area contributed by atoms with Crippen molar-refractivity contribution in [3.63, 3.8) is 0 Å². The molecule has 0 atom stereocenters. The number of benzene rings is 1. The van der Waals surface area contributed by atoms with Crippen molar-refractivity contribution in [3.05, 3.63) is 77.9 Å². The summed E-state index contributed by atoms with van der Waals surface area (Å²) in [5.74, 6) is 0.939. The van der Waals surface area contributed by atoms with Crippen molar-refractivity contribution in [1.29, 1.82) is 0 Å². The summed E-state index contributed by atoms with van der Waals surface area (Å²) in [7, 11) is 0. The first-order valence-corrected chi connectivity index (χ1v) is 8.75. The number of nitrogens with zero attached hydrogens (tertiary/aromatic N) is 4. The Hall–Kier alpha value is -3.21. The van der Waals surface area contributed by atoms with Gasteiger partial charge >= 0.3 is 0 Å². The van der Waals surface area contributed by atoms with E-state index in [0.717, 1.165) is 35.6 Å². The molecule has 0 aliphatic carbocycles. The van der Waals surface area contributed by atoms with Crippen LogP contribution in [0.15, 0.2) is 61.2 Å². The number of hydrogen-bond acceptors (Lipinski definition) is 4. The van der Waals surface area contributed by atoms with Gasteiger partial charge in [0.05, 0.1) is 6.20 Å². The molecule has 130 valence electrons. The van der Waals surface area contributed by atoms with Crippen LogP contribution in [0.1, 0.15) is 16.7 Å². The fraction of sp³-hybridized carbons (Fsp3) is 0.190. The molecule has 0 bridgehead atoms. The Labute approximate surface area is 152 Å². The van der Waals surface area contributed by atoms with Crippen LogP contribution < -0.4 is 5.32 Å². The molecule has 0 saturated heterocycles. The van der Waals surface area contributed by atoms with Gasteiger partial charge in [0.15, 0.2) is 5.65 Å². The Kier molecular flexibility index (Phi) is 4.35. The first-order chi connectivity index (χ1) is 12.7. The van der Waals surface area contributed by atoms with Gasteiger partial charge in [0, 0.05) is 30.7 Å². The Morgan fingerprint density at radius 1 is 1.00 bits per heavy atom. The molecule has 4 rings (SSSR count). The molecular weight excluding hydrogens is 322 g/mol. The van der Waals surface area contributed by atoms with Crippen LogP contribution >= 0.6 is 0 Å². The van der Waals surface area contributed by atoms with Gasteiger partial charge < -0.3 is 5.32 Å². The van der Waals surface area contributed by atoms with E-state index in [1.807, 2.05) is 35.2 Å². The summed E-state index contributed by atoms with van der Waals surface area (Å²) >= 11 is 0. The molecule has 0 unspecified atom stereocenters. The average molecular weight is 343 g/mol. The summed E-state index contributed by atoms with van der Waals surface area (Å²) in [6.45, 7) is 5.06. The van der Waals surface area contributed by atoms with Crippen molar-refractivity contribution in [2.75, 3.05) is 11.9 Å². The van der Waals surface area contributed by atoms with Gasteiger partial charge in [-0.15, -0.1) is 0 Å². The first-order valence-electron chi connectivity index (χ1n) is 8.75. The van der Waals surface area contributed by atoms with Crippen LogP contribution in [0.4, 0.5) is 5.82 Å². The molecule has 3 aromatic heterocycles. The zero-order chi connectivity index (χ0) is 17.9. The van der Waals surface area contributed by atoms with E-state index in [1.54, 1.807) is 6.20 Å². The largest absolute Gasteiger partial charge is 0.370 e. The molecule has 5 heteroatoms. The topological polar surface area (TPSA) is 55.1 Å². The Morgan fingerprint density at radius 2 is 1.92 bits per heavy atom. The number of hydrogen-bond donors (Lipinski definition) is 1. The quantitative estimate of drug-likeness (QED) is 0.594. The summed E-state index contributed by atoms with van der Waals surface area (Å²) in [5, 5.41) is 8.01. The lowest BCUT2D eigenvalue weighted by molar-refractivity contribution is 0.911. The van der Waals surface area contributed by atoms with Gasteiger partial charge in [0.25, 0.3) is 0 Å². The summed E-state index contributed by atoms with van der Waals surface area (Å²) in [6, 6.07) is 12.5. The number of nitrogens with one attached hydrogen (secondary N) is 1. The van der Waals surface area contributed by atoms with Gasteiger partial charge in [0.2, 0.25) is 0 Å². The molecule has 0 spiro atoms. The predicted octanol–water partition coefficient (Wildman–Crippen LogP) is 4.06. The number of pyridine rings is 1. The minimum Gasteiger partial charge on any atom is -0.370 e. The van der Waals surface area contributed by atoms with Crippen molar-refractivity contribution in [2.24, 2.45) is 0 Å². The summed E-state index contributed by atoms with van der Waals surface area (Å²) in [6.07, 6.45) is 8.31. The Balaban J connectivity index is 1.59. The number of fused-ring (bicyclic) bond motifs is 1. The third-order valence-electron chi connectivity index (χ3n) is 4.66. The Bertz CT molecular complexity index is 1040. The second-order valence-corrected chi connectivity index (χ2v) is 6.46. The maximum absolute atomic E-state index is 4.55. The highest BCUT2D eigenvalue weighted by Crippen LogP contribution is 2.26. The molecular formula is C21H21N5. The molecule has 0 fully saturated rings. The van der Waals surface area contributed by atoms with E-state index >= 15 is 0 Å². The molecule has 26 heavy (non-hydrogen) atoms. The molecule has 1 N–H and O–H groups in total. The molecule has 0 aliphatic heterocycles. The third kappa shape index (κ3) is 3.16. The fourth-order valence-electron chi connectivity index (χ4n) is 3.02. The van der Waals surface area contributed by atoms with Crippen molar-refractivity contribution < 1.29 is 0 Å². The minimum absolute atomic E-state index is 0.809. The van der Waals surface area contributed by atoms with E-state index in [2.05, 4.69) is 58.5 Å². The maximum Gasteiger partial charge on any atom is 0.165 e. The van der Waals surface area contributed by atoms with Gasteiger partial charge in [-0.3, -0.25) is 4.98 Å². The predicted molar refractivity (Wildman–Crippen MR) is 104 cm³/mol. The molecule has 0 saturated carbocycles.